The number of sulfonamides is 1. The van der Waals surface area contributed by atoms with Gasteiger partial charge in [-0.2, -0.15) is 0 Å². The van der Waals surface area contributed by atoms with E-state index in [1.165, 1.54) is 24.3 Å². The predicted molar refractivity (Wildman–Crippen MR) is 86.2 cm³/mol. The Balaban J connectivity index is 2.35. The van der Waals surface area contributed by atoms with Crippen molar-refractivity contribution in [3.8, 4) is 0 Å². The highest BCUT2D eigenvalue weighted by atomic mass is 32.2. The smallest absolute Gasteiger partial charge is 0.261 e. The molecule has 7 heteroatoms. The van der Waals surface area contributed by atoms with Crippen LogP contribution in [0.5, 0.6) is 0 Å². The molecule has 0 heterocycles. The SMILES string of the molecule is CCc1ccccc1NS(=O)(=O)c1ccc(S(C)(=O)=O)cc1. The summed E-state index contributed by atoms with van der Waals surface area (Å²) in [6.07, 6.45) is 1.78. The molecule has 5 nitrogen and oxygen atoms in total. The van der Waals surface area contributed by atoms with Crippen LogP contribution in [0.25, 0.3) is 0 Å². The van der Waals surface area contributed by atoms with Crippen LogP contribution in [-0.4, -0.2) is 23.1 Å². The molecule has 0 saturated heterocycles. The van der Waals surface area contributed by atoms with Crippen LogP contribution in [0.1, 0.15) is 12.5 Å². The zero-order valence-electron chi connectivity index (χ0n) is 12.3. The van der Waals surface area contributed by atoms with Gasteiger partial charge >= 0.3 is 0 Å². The van der Waals surface area contributed by atoms with Crippen molar-refractivity contribution in [2.45, 2.75) is 23.1 Å². The first-order valence-electron chi connectivity index (χ1n) is 6.65. The molecule has 1 N–H and O–H groups in total. The lowest BCUT2D eigenvalue weighted by Crippen LogP contribution is -2.14. The zero-order valence-corrected chi connectivity index (χ0v) is 13.9. The first-order valence-corrected chi connectivity index (χ1v) is 10.0. The van der Waals surface area contributed by atoms with Crippen molar-refractivity contribution in [1.29, 1.82) is 0 Å². The summed E-state index contributed by atoms with van der Waals surface area (Å²) in [7, 11) is -7.10. The van der Waals surface area contributed by atoms with Gasteiger partial charge in [0.25, 0.3) is 10.0 Å². The summed E-state index contributed by atoms with van der Waals surface area (Å²) in [6, 6.07) is 12.3. The highest BCUT2D eigenvalue weighted by Crippen LogP contribution is 2.21. The fourth-order valence-electron chi connectivity index (χ4n) is 2.00. The molecule has 2 aromatic rings. The maximum absolute atomic E-state index is 12.4. The molecule has 0 unspecified atom stereocenters. The number of sulfone groups is 1. The van der Waals surface area contributed by atoms with E-state index < -0.39 is 19.9 Å². The van der Waals surface area contributed by atoms with Gasteiger partial charge in [0.05, 0.1) is 15.5 Å². The third-order valence-electron chi connectivity index (χ3n) is 3.20. The van der Waals surface area contributed by atoms with E-state index in [1.807, 2.05) is 19.1 Å². The van der Waals surface area contributed by atoms with Crippen LogP contribution in [0.15, 0.2) is 58.3 Å². The maximum Gasteiger partial charge on any atom is 0.261 e. The number of hydrogen-bond acceptors (Lipinski definition) is 4. The van der Waals surface area contributed by atoms with E-state index >= 15 is 0 Å². The minimum absolute atomic E-state index is 0.0193. The number of anilines is 1. The number of benzene rings is 2. The highest BCUT2D eigenvalue weighted by Gasteiger charge is 2.16. The standard InChI is InChI=1S/C15H17NO4S2/c1-3-12-6-4-5-7-15(12)16-22(19,20)14-10-8-13(9-11-14)21(2,17)18/h4-11,16H,3H2,1-2H3. The van der Waals surface area contributed by atoms with Gasteiger partial charge in [0, 0.05) is 6.26 Å². The summed E-state index contributed by atoms with van der Waals surface area (Å²) in [6.45, 7) is 1.94. The Kier molecular flexibility index (Phi) is 4.58. The lowest BCUT2D eigenvalue weighted by atomic mass is 10.1. The lowest BCUT2D eigenvalue weighted by Gasteiger charge is -2.11. The normalized spacial score (nSPS) is 12.1. The molecule has 0 spiro atoms. The van der Waals surface area contributed by atoms with E-state index in [2.05, 4.69) is 4.72 Å². The van der Waals surface area contributed by atoms with Gasteiger partial charge in [-0.15, -0.1) is 0 Å². The van der Waals surface area contributed by atoms with Crippen molar-refractivity contribution in [3.05, 3.63) is 54.1 Å². The van der Waals surface area contributed by atoms with E-state index in [0.717, 1.165) is 11.8 Å². The van der Waals surface area contributed by atoms with Crippen molar-refractivity contribution < 1.29 is 16.8 Å². The Bertz CT molecular complexity index is 870. The van der Waals surface area contributed by atoms with E-state index in [-0.39, 0.29) is 9.79 Å². The van der Waals surface area contributed by atoms with Crippen molar-refractivity contribution in [2.75, 3.05) is 11.0 Å². The van der Waals surface area contributed by atoms with Gasteiger partial charge in [-0.25, -0.2) is 16.8 Å². The molecular formula is C15H17NO4S2. The average molecular weight is 339 g/mol. The van der Waals surface area contributed by atoms with Gasteiger partial charge in [0.15, 0.2) is 9.84 Å². The predicted octanol–water partition coefficient (Wildman–Crippen LogP) is 2.45. The van der Waals surface area contributed by atoms with Gasteiger partial charge < -0.3 is 0 Å². The second-order valence-electron chi connectivity index (χ2n) is 4.86. The fourth-order valence-corrected chi connectivity index (χ4v) is 3.73. The van der Waals surface area contributed by atoms with Crippen LogP contribution in [-0.2, 0) is 26.3 Å². The zero-order chi connectivity index (χ0) is 16.4. The third-order valence-corrected chi connectivity index (χ3v) is 5.71. The van der Waals surface area contributed by atoms with Crippen LogP contribution in [0, 0.1) is 0 Å². The van der Waals surface area contributed by atoms with Crippen molar-refractivity contribution in [3.63, 3.8) is 0 Å². The van der Waals surface area contributed by atoms with Crippen LogP contribution in [0.3, 0.4) is 0 Å². The molecule has 0 bridgehead atoms. The average Bonchev–Trinajstić information content (AvgIpc) is 2.47. The number of rotatable bonds is 5. The van der Waals surface area contributed by atoms with Gasteiger partial charge in [-0.1, -0.05) is 25.1 Å². The summed E-state index contributed by atoms with van der Waals surface area (Å²) in [4.78, 5) is 0.103. The summed E-state index contributed by atoms with van der Waals surface area (Å²) >= 11 is 0. The molecule has 22 heavy (non-hydrogen) atoms. The first-order chi connectivity index (χ1) is 10.2. The van der Waals surface area contributed by atoms with Crippen LogP contribution in [0.4, 0.5) is 5.69 Å². The van der Waals surface area contributed by atoms with Crippen molar-refractivity contribution >= 4 is 25.5 Å². The Morgan fingerprint density at radius 2 is 1.41 bits per heavy atom. The number of aryl methyl sites for hydroxylation is 1. The summed E-state index contributed by atoms with van der Waals surface area (Å²) < 4.78 is 50.1. The molecule has 0 aromatic heterocycles. The topological polar surface area (TPSA) is 80.3 Å². The summed E-state index contributed by atoms with van der Waals surface area (Å²) in [5, 5.41) is 0. The molecule has 118 valence electrons. The Morgan fingerprint density at radius 3 is 1.95 bits per heavy atom. The molecule has 2 rings (SSSR count). The van der Waals surface area contributed by atoms with E-state index in [4.69, 9.17) is 0 Å². The number of hydrogen-bond donors (Lipinski definition) is 1. The second-order valence-corrected chi connectivity index (χ2v) is 8.56. The fraction of sp³-hybridized carbons (Fsp3) is 0.200. The molecule has 0 aliphatic rings. The number of para-hydroxylation sites is 1. The van der Waals surface area contributed by atoms with Gasteiger partial charge in [-0.3, -0.25) is 4.72 Å². The van der Waals surface area contributed by atoms with Crippen LogP contribution < -0.4 is 4.72 Å². The minimum Gasteiger partial charge on any atom is -0.279 e. The van der Waals surface area contributed by atoms with Crippen LogP contribution in [0.2, 0.25) is 0 Å². The van der Waals surface area contributed by atoms with E-state index in [9.17, 15) is 16.8 Å². The van der Waals surface area contributed by atoms with Crippen molar-refractivity contribution in [2.24, 2.45) is 0 Å². The molecule has 0 radical (unpaired) electrons. The van der Waals surface area contributed by atoms with Gasteiger partial charge in [0.1, 0.15) is 0 Å². The molecular weight excluding hydrogens is 322 g/mol. The quantitative estimate of drug-likeness (QED) is 0.907. The highest BCUT2D eigenvalue weighted by molar-refractivity contribution is 7.92. The second kappa shape index (κ2) is 6.10. The lowest BCUT2D eigenvalue weighted by molar-refractivity contribution is 0.597. The van der Waals surface area contributed by atoms with Crippen molar-refractivity contribution in [1.82, 2.24) is 0 Å². The Labute approximate surface area is 131 Å². The Hall–Kier alpha value is -1.86. The van der Waals surface area contributed by atoms with Crippen LogP contribution >= 0.6 is 0 Å². The molecule has 0 fully saturated rings. The summed E-state index contributed by atoms with van der Waals surface area (Å²) in [5.41, 5.74) is 1.41. The van der Waals surface area contributed by atoms with Gasteiger partial charge in [0.2, 0.25) is 0 Å². The maximum atomic E-state index is 12.4. The summed E-state index contributed by atoms with van der Waals surface area (Å²) in [5.74, 6) is 0. The molecule has 0 amide bonds. The molecule has 0 saturated carbocycles. The number of nitrogens with one attached hydrogen (secondary N) is 1. The first kappa shape index (κ1) is 16.5. The third kappa shape index (κ3) is 3.66. The molecule has 0 aliphatic heterocycles. The monoisotopic (exact) mass is 339 g/mol. The minimum atomic E-state index is -3.75. The van der Waals surface area contributed by atoms with E-state index in [0.29, 0.717) is 12.1 Å². The van der Waals surface area contributed by atoms with Gasteiger partial charge in [-0.05, 0) is 42.3 Å². The molecule has 2 aromatic carbocycles. The molecule has 0 aliphatic carbocycles. The largest absolute Gasteiger partial charge is 0.279 e. The molecule has 0 atom stereocenters. The van der Waals surface area contributed by atoms with E-state index in [1.54, 1.807) is 12.1 Å². The Morgan fingerprint density at radius 1 is 0.864 bits per heavy atom.